The number of fused-ring (bicyclic) bond motifs is 2. The quantitative estimate of drug-likeness (QED) is 0.510. The fraction of sp³-hybridized carbons (Fsp3) is 0.350. The van der Waals surface area contributed by atoms with Gasteiger partial charge in [-0.05, 0) is 51.1 Å². The van der Waals surface area contributed by atoms with E-state index in [1.54, 1.807) is 24.3 Å². The molecule has 2 aromatic carbocycles. The smallest absolute Gasteiger partial charge is 0.200 e. The van der Waals surface area contributed by atoms with Crippen LogP contribution in [0.25, 0.3) is 21.9 Å². The van der Waals surface area contributed by atoms with Gasteiger partial charge in [-0.15, -0.1) is 0 Å². The molecule has 0 atom stereocenters. The molecular weight excluding hydrogens is 318 g/mol. The molecule has 3 aromatic rings. The second-order valence-corrected chi connectivity index (χ2v) is 6.73. The number of hydrogen-bond acceptors (Lipinski definition) is 5. The minimum atomic E-state index is -0.300. The summed E-state index contributed by atoms with van der Waals surface area (Å²) in [4.78, 5) is 12.6. The van der Waals surface area contributed by atoms with Crippen molar-refractivity contribution in [2.45, 2.75) is 25.8 Å². The third kappa shape index (κ3) is 3.83. The normalized spacial score (nSPS) is 12.0. The summed E-state index contributed by atoms with van der Waals surface area (Å²) in [7, 11) is 0. The minimum Gasteiger partial charge on any atom is -0.490 e. The maximum atomic E-state index is 12.6. The van der Waals surface area contributed by atoms with Crippen molar-refractivity contribution >= 4 is 21.9 Å². The Kier molecular flexibility index (Phi) is 5.06. The summed E-state index contributed by atoms with van der Waals surface area (Å²) in [6.45, 7) is 5.18. The maximum absolute atomic E-state index is 12.6. The molecule has 0 unspecified atom stereocenters. The van der Waals surface area contributed by atoms with Gasteiger partial charge in [0.2, 0.25) is 5.43 Å². The van der Waals surface area contributed by atoms with Crippen LogP contribution in [0.3, 0.4) is 0 Å². The number of aliphatic hydroxyl groups excluding tert-OH is 1. The van der Waals surface area contributed by atoms with Gasteiger partial charge in [0, 0.05) is 5.54 Å². The Balaban J connectivity index is 1.77. The Labute approximate surface area is 146 Å². The van der Waals surface area contributed by atoms with E-state index in [0.717, 1.165) is 13.0 Å². The molecule has 0 saturated heterocycles. The molecular formula is C20H23NO4. The Morgan fingerprint density at radius 1 is 1.12 bits per heavy atom. The molecule has 5 heteroatoms. The Bertz CT molecular complexity index is 930. The molecule has 0 amide bonds. The van der Waals surface area contributed by atoms with Crippen LogP contribution >= 0.6 is 0 Å². The molecule has 5 nitrogen and oxygen atoms in total. The molecule has 1 aromatic heterocycles. The van der Waals surface area contributed by atoms with Gasteiger partial charge in [-0.3, -0.25) is 4.79 Å². The lowest BCUT2D eigenvalue weighted by molar-refractivity contribution is 0.185. The zero-order valence-electron chi connectivity index (χ0n) is 14.5. The van der Waals surface area contributed by atoms with Crippen molar-refractivity contribution in [2.24, 2.45) is 0 Å². The van der Waals surface area contributed by atoms with Crippen LogP contribution in [0, 0.1) is 0 Å². The first-order valence-electron chi connectivity index (χ1n) is 8.45. The molecule has 1 heterocycles. The summed E-state index contributed by atoms with van der Waals surface area (Å²) >= 11 is 0. The fourth-order valence-electron chi connectivity index (χ4n) is 2.65. The van der Waals surface area contributed by atoms with Crippen LogP contribution in [-0.2, 0) is 0 Å². The lowest BCUT2D eigenvalue weighted by Gasteiger charge is -2.23. The number of aliphatic hydroxyl groups is 1. The van der Waals surface area contributed by atoms with Crippen LogP contribution in [-0.4, -0.2) is 30.4 Å². The van der Waals surface area contributed by atoms with Crippen LogP contribution in [0.1, 0.15) is 20.3 Å². The van der Waals surface area contributed by atoms with Gasteiger partial charge >= 0.3 is 0 Å². The van der Waals surface area contributed by atoms with E-state index in [-0.39, 0.29) is 17.6 Å². The van der Waals surface area contributed by atoms with Crippen molar-refractivity contribution in [2.75, 3.05) is 19.8 Å². The topological polar surface area (TPSA) is 71.7 Å². The van der Waals surface area contributed by atoms with Gasteiger partial charge in [-0.1, -0.05) is 18.2 Å². The summed E-state index contributed by atoms with van der Waals surface area (Å²) in [5, 5.41) is 13.6. The zero-order chi connectivity index (χ0) is 17.9. The van der Waals surface area contributed by atoms with E-state index in [0.29, 0.717) is 34.3 Å². The van der Waals surface area contributed by atoms with Gasteiger partial charge < -0.3 is 19.6 Å². The van der Waals surface area contributed by atoms with Crippen molar-refractivity contribution in [1.29, 1.82) is 0 Å². The molecule has 0 spiro atoms. The molecule has 0 aliphatic carbocycles. The highest BCUT2D eigenvalue weighted by molar-refractivity contribution is 5.92. The van der Waals surface area contributed by atoms with Gasteiger partial charge in [0.05, 0.1) is 24.0 Å². The minimum absolute atomic E-state index is 0.0475. The number of benzene rings is 2. The van der Waals surface area contributed by atoms with Crippen molar-refractivity contribution in [3.05, 3.63) is 52.7 Å². The van der Waals surface area contributed by atoms with E-state index < -0.39 is 0 Å². The summed E-state index contributed by atoms with van der Waals surface area (Å²) in [5.74, 6) is 0.571. The zero-order valence-corrected chi connectivity index (χ0v) is 14.5. The molecule has 0 aliphatic heterocycles. The van der Waals surface area contributed by atoms with Crippen molar-refractivity contribution in [3.8, 4) is 5.75 Å². The van der Waals surface area contributed by atoms with Gasteiger partial charge in [-0.25, -0.2) is 0 Å². The molecule has 2 N–H and O–H groups in total. The Morgan fingerprint density at radius 2 is 1.88 bits per heavy atom. The number of ether oxygens (including phenoxy) is 1. The molecule has 3 rings (SSSR count). The molecule has 0 fully saturated rings. The van der Waals surface area contributed by atoms with Gasteiger partial charge in [0.1, 0.15) is 5.58 Å². The second kappa shape index (κ2) is 7.25. The first-order valence-corrected chi connectivity index (χ1v) is 8.45. The molecule has 0 bridgehead atoms. The highest BCUT2D eigenvalue weighted by atomic mass is 16.5. The molecule has 25 heavy (non-hydrogen) atoms. The number of rotatable bonds is 7. The molecule has 0 aliphatic rings. The molecule has 0 saturated carbocycles. The summed E-state index contributed by atoms with van der Waals surface area (Å²) in [6, 6.07) is 12.6. The predicted octanol–water partition coefficient (Wildman–Crippen LogP) is 3.08. The first-order chi connectivity index (χ1) is 12.0. The maximum Gasteiger partial charge on any atom is 0.200 e. The van der Waals surface area contributed by atoms with Crippen LogP contribution in [0.15, 0.2) is 51.7 Å². The second-order valence-electron chi connectivity index (χ2n) is 6.73. The Morgan fingerprint density at radius 3 is 2.68 bits per heavy atom. The summed E-state index contributed by atoms with van der Waals surface area (Å²) < 4.78 is 11.7. The van der Waals surface area contributed by atoms with E-state index >= 15 is 0 Å². The highest BCUT2D eigenvalue weighted by Crippen LogP contribution is 2.27. The van der Waals surface area contributed by atoms with Crippen molar-refractivity contribution < 1.29 is 14.3 Å². The average molecular weight is 341 g/mol. The summed E-state index contributed by atoms with van der Waals surface area (Å²) in [6.07, 6.45) is 0.775. The van der Waals surface area contributed by atoms with E-state index in [1.165, 1.54) is 0 Å². The van der Waals surface area contributed by atoms with E-state index in [4.69, 9.17) is 9.15 Å². The third-order valence-corrected chi connectivity index (χ3v) is 4.14. The van der Waals surface area contributed by atoms with Crippen molar-refractivity contribution in [3.63, 3.8) is 0 Å². The van der Waals surface area contributed by atoms with E-state index in [2.05, 4.69) is 5.32 Å². The number of para-hydroxylation sites is 2. The first kappa shape index (κ1) is 17.5. The van der Waals surface area contributed by atoms with Gasteiger partial charge in [-0.2, -0.15) is 0 Å². The average Bonchev–Trinajstić information content (AvgIpc) is 2.62. The fourth-order valence-corrected chi connectivity index (χ4v) is 2.65. The lowest BCUT2D eigenvalue weighted by Crippen LogP contribution is -2.43. The lowest BCUT2D eigenvalue weighted by atomic mass is 10.1. The molecule has 132 valence electrons. The van der Waals surface area contributed by atoms with Gasteiger partial charge in [0.25, 0.3) is 0 Å². The van der Waals surface area contributed by atoms with Crippen LogP contribution in [0.2, 0.25) is 0 Å². The van der Waals surface area contributed by atoms with Crippen LogP contribution in [0.5, 0.6) is 5.75 Å². The largest absolute Gasteiger partial charge is 0.490 e. The highest BCUT2D eigenvalue weighted by Gasteiger charge is 2.14. The third-order valence-electron chi connectivity index (χ3n) is 4.14. The van der Waals surface area contributed by atoms with Crippen molar-refractivity contribution in [1.82, 2.24) is 5.32 Å². The van der Waals surface area contributed by atoms with Crippen LogP contribution < -0.4 is 15.5 Å². The molecule has 0 radical (unpaired) electrons. The van der Waals surface area contributed by atoms with Crippen LogP contribution in [0.4, 0.5) is 0 Å². The summed E-state index contributed by atoms with van der Waals surface area (Å²) in [5.41, 5.74) is 0.691. The van der Waals surface area contributed by atoms with E-state index in [1.807, 2.05) is 32.0 Å². The van der Waals surface area contributed by atoms with Gasteiger partial charge in [0.15, 0.2) is 11.3 Å². The number of hydrogen-bond donors (Lipinski definition) is 2. The number of nitrogens with one attached hydrogen (secondary N) is 1. The monoisotopic (exact) mass is 341 g/mol. The standard InChI is InChI=1S/C20H23NO4/c1-20(2,13-22)21-11-6-12-24-17-10-5-8-15-18(23)14-7-3-4-9-16(14)25-19(15)17/h3-5,7-10,21-22H,6,11-13H2,1-2H3. The predicted molar refractivity (Wildman–Crippen MR) is 99.3 cm³/mol. The SMILES string of the molecule is CC(C)(CO)NCCCOc1cccc2c(=O)c3ccccc3oc12. The Hall–Kier alpha value is -2.37. The van der Waals surface area contributed by atoms with E-state index in [9.17, 15) is 9.90 Å².